The molecule has 1 nitrogen and oxygen atoms in total. The fourth-order valence-electron chi connectivity index (χ4n) is 2.41. The van der Waals surface area contributed by atoms with Crippen LogP contribution in [-0.2, 0) is 6.42 Å². The lowest BCUT2D eigenvalue weighted by Crippen LogP contribution is -2.32. The standard InChI is InChI=1S/C14H16FN/c1-3-8-16(2)14-10-12(15)9-11-6-4-5-7-13(11)14/h1,4-7,12,14H,8-10H2,2H3/i15-1. The van der Waals surface area contributed by atoms with Crippen molar-refractivity contribution in [3.63, 3.8) is 0 Å². The fraction of sp³-hybridized carbons (Fsp3) is 0.429. The Morgan fingerprint density at radius 1 is 1.50 bits per heavy atom. The summed E-state index contributed by atoms with van der Waals surface area (Å²) in [5, 5.41) is 0. The number of hydrogen-bond acceptors (Lipinski definition) is 1. The fourth-order valence-corrected chi connectivity index (χ4v) is 2.41. The molecular formula is C14H16FN. The Labute approximate surface area is 96.3 Å². The zero-order valence-electron chi connectivity index (χ0n) is 9.49. The SMILES string of the molecule is C#CCN(C)C1CC([18F])Cc2ccccc21. The number of terminal acetylenes is 1. The largest absolute Gasteiger partial charge is 0.288 e. The van der Waals surface area contributed by atoms with E-state index >= 15 is 0 Å². The molecule has 0 radical (unpaired) electrons. The van der Waals surface area contributed by atoms with Crippen LogP contribution in [-0.4, -0.2) is 24.7 Å². The van der Waals surface area contributed by atoms with Crippen molar-refractivity contribution in [1.82, 2.24) is 4.90 Å². The molecule has 0 aromatic heterocycles. The van der Waals surface area contributed by atoms with Gasteiger partial charge < -0.3 is 0 Å². The van der Waals surface area contributed by atoms with Crippen LogP contribution >= 0.6 is 0 Å². The third-order valence-corrected chi connectivity index (χ3v) is 3.21. The Hall–Kier alpha value is -1.33. The highest BCUT2D eigenvalue weighted by molar-refractivity contribution is 5.33. The summed E-state index contributed by atoms with van der Waals surface area (Å²) in [6, 6.07) is 8.19. The Balaban J connectivity index is 2.30. The van der Waals surface area contributed by atoms with Crippen molar-refractivity contribution in [1.29, 1.82) is 0 Å². The first-order chi connectivity index (χ1) is 7.72. The number of hydrogen-bond donors (Lipinski definition) is 0. The van der Waals surface area contributed by atoms with Crippen molar-refractivity contribution < 1.29 is 4.39 Å². The average Bonchev–Trinajstić information content (AvgIpc) is 2.28. The van der Waals surface area contributed by atoms with Crippen molar-refractivity contribution in [3.05, 3.63) is 35.4 Å². The summed E-state index contributed by atoms with van der Waals surface area (Å²) < 4.78 is 13.6. The lowest BCUT2D eigenvalue weighted by molar-refractivity contribution is 0.180. The number of benzene rings is 1. The van der Waals surface area contributed by atoms with Gasteiger partial charge >= 0.3 is 0 Å². The number of halogens is 1. The number of fused-ring (bicyclic) bond motifs is 1. The average molecular weight is 216 g/mol. The third-order valence-electron chi connectivity index (χ3n) is 3.21. The van der Waals surface area contributed by atoms with Crippen LogP contribution in [0.15, 0.2) is 24.3 Å². The van der Waals surface area contributed by atoms with E-state index in [9.17, 15) is 4.39 Å². The Bertz CT molecular complexity index is 407. The van der Waals surface area contributed by atoms with Crippen LogP contribution in [0.1, 0.15) is 23.6 Å². The van der Waals surface area contributed by atoms with Crippen LogP contribution in [0.3, 0.4) is 0 Å². The van der Waals surface area contributed by atoms with Gasteiger partial charge in [-0.25, -0.2) is 4.39 Å². The zero-order valence-corrected chi connectivity index (χ0v) is 9.49. The Kier molecular flexibility index (Phi) is 3.26. The summed E-state index contributed by atoms with van der Waals surface area (Å²) in [7, 11) is 1.96. The first kappa shape index (κ1) is 11.2. The molecule has 16 heavy (non-hydrogen) atoms. The monoisotopic (exact) mass is 216 g/mol. The predicted octanol–water partition coefficient (Wildman–Crippen LogP) is 2.58. The summed E-state index contributed by atoms with van der Waals surface area (Å²) in [5.41, 5.74) is 2.35. The summed E-state index contributed by atoms with van der Waals surface area (Å²) in [4.78, 5) is 2.05. The second-order valence-electron chi connectivity index (χ2n) is 4.37. The molecule has 0 N–H and O–H groups in total. The van der Waals surface area contributed by atoms with Gasteiger partial charge in [-0.3, -0.25) is 4.90 Å². The summed E-state index contributed by atoms with van der Waals surface area (Å²) >= 11 is 0. The van der Waals surface area contributed by atoms with E-state index in [0.717, 1.165) is 5.56 Å². The Morgan fingerprint density at radius 2 is 2.25 bits per heavy atom. The minimum absolute atomic E-state index is 0.121. The van der Waals surface area contributed by atoms with Gasteiger partial charge in [0.1, 0.15) is 6.17 Å². The lowest BCUT2D eigenvalue weighted by Gasteiger charge is -2.33. The lowest BCUT2D eigenvalue weighted by atomic mass is 9.86. The molecule has 84 valence electrons. The van der Waals surface area contributed by atoms with E-state index in [-0.39, 0.29) is 6.04 Å². The van der Waals surface area contributed by atoms with E-state index in [0.29, 0.717) is 19.4 Å². The van der Waals surface area contributed by atoms with E-state index in [1.165, 1.54) is 5.56 Å². The quantitative estimate of drug-likeness (QED) is 0.687. The maximum atomic E-state index is 13.6. The summed E-state index contributed by atoms with van der Waals surface area (Å²) in [6.45, 7) is 0.561. The predicted molar refractivity (Wildman–Crippen MR) is 63.9 cm³/mol. The van der Waals surface area contributed by atoms with E-state index in [1.54, 1.807) is 0 Å². The molecule has 0 saturated carbocycles. The van der Waals surface area contributed by atoms with Gasteiger partial charge in [0.05, 0.1) is 6.54 Å². The van der Waals surface area contributed by atoms with Crippen molar-refractivity contribution in [2.45, 2.75) is 25.1 Å². The molecule has 1 aromatic rings. The van der Waals surface area contributed by atoms with Crippen molar-refractivity contribution in [2.75, 3.05) is 13.6 Å². The van der Waals surface area contributed by atoms with Crippen LogP contribution in [0, 0.1) is 12.3 Å². The topological polar surface area (TPSA) is 3.24 Å². The van der Waals surface area contributed by atoms with Gasteiger partial charge in [-0.05, 0) is 24.6 Å². The van der Waals surface area contributed by atoms with E-state index in [4.69, 9.17) is 6.42 Å². The van der Waals surface area contributed by atoms with E-state index < -0.39 is 6.17 Å². The molecule has 1 aromatic carbocycles. The van der Waals surface area contributed by atoms with Crippen LogP contribution in [0.25, 0.3) is 0 Å². The highest BCUT2D eigenvalue weighted by atomic mass is 18.2. The molecule has 0 fully saturated rings. The minimum Gasteiger partial charge on any atom is -0.288 e. The van der Waals surface area contributed by atoms with Gasteiger partial charge in [-0.15, -0.1) is 6.42 Å². The van der Waals surface area contributed by atoms with E-state index in [2.05, 4.69) is 12.0 Å². The molecule has 0 amide bonds. The molecule has 0 saturated heterocycles. The van der Waals surface area contributed by atoms with Crippen LogP contribution < -0.4 is 0 Å². The second-order valence-corrected chi connectivity index (χ2v) is 4.37. The van der Waals surface area contributed by atoms with Gasteiger partial charge in [-0.2, -0.15) is 0 Å². The summed E-state index contributed by atoms with van der Waals surface area (Å²) in [5.74, 6) is 2.61. The molecule has 2 heteroatoms. The molecule has 0 aliphatic heterocycles. The molecule has 0 spiro atoms. The van der Waals surface area contributed by atoms with E-state index in [1.807, 2.05) is 30.1 Å². The molecule has 1 aliphatic carbocycles. The van der Waals surface area contributed by atoms with Gasteiger partial charge in [0, 0.05) is 12.5 Å². The van der Waals surface area contributed by atoms with Crippen molar-refractivity contribution in [2.24, 2.45) is 0 Å². The molecule has 1 aliphatic rings. The highest BCUT2D eigenvalue weighted by Gasteiger charge is 2.28. The van der Waals surface area contributed by atoms with Gasteiger partial charge in [-0.1, -0.05) is 30.2 Å². The normalized spacial score (nSPS) is 23.9. The highest BCUT2D eigenvalue weighted by Crippen LogP contribution is 2.34. The first-order valence-electron chi connectivity index (χ1n) is 5.58. The maximum absolute atomic E-state index is 13.6. The Morgan fingerprint density at radius 3 is 3.00 bits per heavy atom. The van der Waals surface area contributed by atoms with Crippen molar-refractivity contribution in [3.8, 4) is 12.3 Å². The minimum atomic E-state index is -0.750. The number of rotatable bonds is 2. The zero-order chi connectivity index (χ0) is 11.5. The van der Waals surface area contributed by atoms with Crippen LogP contribution in [0.4, 0.5) is 4.39 Å². The van der Waals surface area contributed by atoms with Gasteiger partial charge in [0.2, 0.25) is 0 Å². The smallest absolute Gasteiger partial charge is 0.106 e. The second kappa shape index (κ2) is 4.67. The number of nitrogens with zero attached hydrogens (tertiary/aromatic N) is 1. The third kappa shape index (κ3) is 2.10. The number of alkyl halides is 1. The molecular weight excluding hydrogens is 200 g/mol. The van der Waals surface area contributed by atoms with Gasteiger partial charge in [0.25, 0.3) is 0 Å². The summed E-state index contributed by atoms with van der Waals surface area (Å²) in [6.07, 6.45) is 5.64. The van der Waals surface area contributed by atoms with Gasteiger partial charge in [0.15, 0.2) is 0 Å². The van der Waals surface area contributed by atoms with Crippen LogP contribution in [0.5, 0.6) is 0 Å². The van der Waals surface area contributed by atoms with Crippen molar-refractivity contribution >= 4 is 0 Å². The first-order valence-corrected chi connectivity index (χ1v) is 5.58. The molecule has 2 unspecified atom stereocenters. The molecule has 0 heterocycles. The maximum Gasteiger partial charge on any atom is 0.106 e. The molecule has 2 atom stereocenters. The molecule has 0 bridgehead atoms. The van der Waals surface area contributed by atoms with Crippen LogP contribution in [0.2, 0.25) is 0 Å². The molecule has 2 rings (SSSR count).